The van der Waals surface area contributed by atoms with Crippen molar-refractivity contribution in [1.82, 2.24) is 34.4 Å². The van der Waals surface area contributed by atoms with Crippen LogP contribution in [0.3, 0.4) is 0 Å². The van der Waals surface area contributed by atoms with Crippen LogP contribution in [0.1, 0.15) is 86.6 Å². The van der Waals surface area contributed by atoms with E-state index in [1.165, 1.54) is 25.1 Å². The summed E-state index contributed by atoms with van der Waals surface area (Å²) in [6.45, 7) is 2.97. The van der Waals surface area contributed by atoms with Gasteiger partial charge in [0.25, 0.3) is 0 Å². The predicted molar refractivity (Wildman–Crippen MR) is 273 cm³/mol. The number of amides is 3. The van der Waals surface area contributed by atoms with E-state index in [2.05, 4.69) is 69.1 Å². The molecule has 6 N–H and O–H groups in total. The normalized spacial score (nSPS) is 15.5. The van der Waals surface area contributed by atoms with Gasteiger partial charge in [0.1, 0.15) is 6.04 Å². The van der Waals surface area contributed by atoms with Crippen LogP contribution in [-0.2, 0) is 14.4 Å². The highest BCUT2D eigenvalue weighted by Crippen LogP contribution is 2.44. The van der Waals surface area contributed by atoms with Crippen molar-refractivity contribution in [2.75, 3.05) is 39.3 Å². The molecule has 364 valence electrons. The zero-order valence-corrected chi connectivity index (χ0v) is 39.7. The van der Waals surface area contributed by atoms with Crippen molar-refractivity contribution >= 4 is 23.7 Å². The van der Waals surface area contributed by atoms with E-state index in [1.807, 2.05) is 59.5 Å². The smallest absolute Gasteiger partial charge is 0.352 e. The molecule has 2 heterocycles. The van der Waals surface area contributed by atoms with Gasteiger partial charge >= 0.3 is 11.4 Å². The molecule has 1 aromatic heterocycles. The Morgan fingerprint density at radius 3 is 1.60 bits per heavy atom. The minimum Gasteiger partial charge on any atom is -0.370 e. The number of hydrogen-bond donors (Lipinski definition) is 4. The summed E-state index contributed by atoms with van der Waals surface area (Å²) in [6.07, 6.45) is 4.56. The lowest BCUT2D eigenvalue weighted by atomic mass is 9.78. The van der Waals surface area contributed by atoms with Crippen molar-refractivity contribution in [2.24, 2.45) is 21.9 Å². The number of aromatic nitrogens is 3. The van der Waals surface area contributed by atoms with Gasteiger partial charge in [-0.25, -0.2) is 14.2 Å². The summed E-state index contributed by atoms with van der Waals surface area (Å²) in [4.78, 5) is 79.9. The number of benzene rings is 5. The second-order valence-corrected chi connectivity index (χ2v) is 18.5. The highest BCUT2D eigenvalue weighted by molar-refractivity contribution is 5.88. The molecule has 15 heteroatoms. The number of para-hydroxylation sites is 2. The van der Waals surface area contributed by atoms with Gasteiger partial charge in [0, 0.05) is 52.1 Å². The third-order valence-electron chi connectivity index (χ3n) is 13.8. The first-order valence-corrected chi connectivity index (χ1v) is 24.5. The Bertz CT molecular complexity index is 2690. The predicted octanol–water partition coefficient (Wildman–Crippen LogP) is 5.70. The number of carbonyl (C=O) groups excluding carboxylic acids is 3. The fourth-order valence-corrected chi connectivity index (χ4v) is 10.3. The molecule has 5 aromatic carbocycles. The maximum absolute atomic E-state index is 14.5. The Kier molecular flexibility index (Phi) is 16.2. The number of nitrogens with zero attached hydrogens (tertiary/aromatic N) is 6. The van der Waals surface area contributed by atoms with E-state index in [4.69, 9.17) is 11.5 Å². The van der Waals surface area contributed by atoms with Crippen molar-refractivity contribution < 1.29 is 14.4 Å². The molecule has 1 aliphatic carbocycles. The number of nitrogens with two attached hydrogens (primary N) is 2. The molecule has 0 spiro atoms. The summed E-state index contributed by atoms with van der Waals surface area (Å²) in [5, 5.41) is 6.03. The SMILES string of the molecule is NC(N)=NCCCC(NC(=O)CC1(CC(=O)N2CCN(C(c3ccccc3)c3ccccc3)CC2)CCCC1)C(=O)NCCC(c1ccccc1)n1c(=O)n(-c2ccccc2)n(-c2ccccc2)c1=O. The molecule has 1 aliphatic heterocycles. The van der Waals surface area contributed by atoms with Crippen LogP contribution >= 0.6 is 0 Å². The average Bonchev–Trinajstić information content (AvgIpc) is 3.95. The minimum absolute atomic E-state index is 0.0542. The van der Waals surface area contributed by atoms with Crippen LogP contribution in [-0.4, -0.2) is 92.7 Å². The Morgan fingerprint density at radius 2 is 1.10 bits per heavy atom. The lowest BCUT2D eigenvalue weighted by Gasteiger charge is -2.41. The molecule has 2 aliphatic rings. The van der Waals surface area contributed by atoms with Crippen molar-refractivity contribution in [3.8, 4) is 11.4 Å². The van der Waals surface area contributed by atoms with Crippen LogP contribution in [0.15, 0.2) is 166 Å². The fourth-order valence-electron chi connectivity index (χ4n) is 10.3. The van der Waals surface area contributed by atoms with E-state index in [0.29, 0.717) is 36.4 Å². The maximum Gasteiger partial charge on any atom is 0.352 e. The first-order valence-electron chi connectivity index (χ1n) is 24.5. The Balaban J connectivity index is 0.947. The monoisotopic (exact) mass is 945 g/mol. The highest BCUT2D eigenvalue weighted by atomic mass is 16.2. The Labute approximate surface area is 408 Å². The second-order valence-electron chi connectivity index (χ2n) is 18.5. The highest BCUT2D eigenvalue weighted by Gasteiger charge is 2.40. The van der Waals surface area contributed by atoms with Gasteiger partial charge in [-0.15, -0.1) is 0 Å². The van der Waals surface area contributed by atoms with Crippen molar-refractivity contribution in [3.05, 3.63) is 189 Å². The van der Waals surface area contributed by atoms with Gasteiger partial charge in [-0.1, -0.05) is 140 Å². The molecule has 0 bridgehead atoms. The van der Waals surface area contributed by atoms with Gasteiger partial charge in [0.2, 0.25) is 17.7 Å². The van der Waals surface area contributed by atoms with E-state index >= 15 is 0 Å². The number of carbonyl (C=O) groups is 3. The summed E-state index contributed by atoms with van der Waals surface area (Å²) in [5.74, 6) is -0.730. The molecule has 3 amide bonds. The van der Waals surface area contributed by atoms with Crippen LogP contribution in [0.5, 0.6) is 0 Å². The summed E-state index contributed by atoms with van der Waals surface area (Å²) < 4.78 is 3.98. The maximum atomic E-state index is 14.5. The Morgan fingerprint density at radius 1 is 0.614 bits per heavy atom. The van der Waals surface area contributed by atoms with Gasteiger partial charge in [-0.3, -0.25) is 24.3 Å². The van der Waals surface area contributed by atoms with Crippen LogP contribution in [0.2, 0.25) is 0 Å². The van der Waals surface area contributed by atoms with Gasteiger partial charge in [-0.05, 0) is 78.5 Å². The third kappa shape index (κ3) is 11.8. The molecule has 1 saturated heterocycles. The zero-order valence-electron chi connectivity index (χ0n) is 39.7. The van der Waals surface area contributed by atoms with E-state index < -0.39 is 34.8 Å². The van der Waals surface area contributed by atoms with E-state index in [1.54, 1.807) is 48.5 Å². The van der Waals surface area contributed by atoms with Crippen LogP contribution in [0.4, 0.5) is 0 Å². The molecule has 6 aromatic rings. The molecule has 0 radical (unpaired) electrons. The number of rotatable bonds is 20. The lowest BCUT2D eigenvalue weighted by Crippen LogP contribution is -2.51. The largest absolute Gasteiger partial charge is 0.370 e. The van der Waals surface area contributed by atoms with Crippen molar-refractivity contribution in [3.63, 3.8) is 0 Å². The molecule has 2 unspecified atom stereocenters. The quantitative estimate of drug-likeness (QED) is 0.0425. The van der Waals surface area contributed by atoms with Gasteiger partial charge < -0.3 is 27.0 Å². The number of nitrogens with one attached hydrogen (secondary N) is 2. The van der Waals surface area contributed by atoms with Gasteiger partial charge in [0.15, 0.2) is 5.96 Å². The van der Waals surface area contributed by atoms with E-state index in [-0.39, 0.29) is 62.6 Å². The first-order chi connectivity index (χ1) is 34.1. The van der Waals surface area contributed by atoms with E-state index in [0.717, 1.165) is 38.8 Å². The zero-order chi connectivity index (χ0) is 48.9. The van der Waals surface area contributed by atoms with Crippen LogP contribution in [0, 0.1) is 5.41 Å². The molecule has 70 heavy (non-hydrogen) atoms. The molecule has 15 nitrogen and oxygen atoms in total. The number of hydrogen-bond acceptors (Lipinski definition) is 7. The number of piperazine rings is 1. The Hall–Kier alpha value is -7.52. The third-order valence-corrected chi connectivity index (χ3v) is 13.8. The molecule has 1 saturated carbocycles. The van der Waals surface area contributed by atoms with Gasteiger partial charge in [0.05, 0.1) is 23.5 Å². The summed E-state index contributed by atoms with van der Waals surface area (Å²) in [5.41, 5.74) is 13.8. The molecular formula is C55H64N10O5. The summed E-state index contributed by atoms with van der Waals surface area (Å²) in [6, 6.07) is 46.6. The van der Waals surface area contributed by atoms with Gasteiger partial charge in [-0.2, -0.15) is 9.36 Å². The molecular weight excluding hydrogens is 881 g/mol. The minimum atomic E-state index is -0.932. The standard InChI is InChI=1S/C55H64N10O5/c56-52(57)59-33-18-29-46(51(68)58-34-30-47(41-19-6-1-7-20-41)63-53(69)64(44-25-12-4-13-26-44)65(54(63)70)45-27-14-5-15-28-45)60-48(66)39-55(31-16-17-32-55)40-49(67)61-35-37-62(38-36-61)50(42-21-8-2-9-22-42)43-23-10-3-11-24-43/h1-15,19-28,46-47,50H,16-18,29-40H2,(H,58,68)(H,60,66)(H4,56,57,59). The molecule has 2 atom stereocenters. The fraction of sp³-hybridized carbons (Fsp3) is 0.345. The first kappa shape index (κ1) is 48.9. The van der Waals surface area contributed by atoms with Crippen LogP contribution in [0.25, 0.3) is 11.4 Å². The summed E-state index contributed by atoms with van der Waals surface area (Å²) in [7, 11) is 0. The van der Waals surface area contributed by atoms with Crippen molar-refractivity contribution in [1.29, 1.82) is 0 Å². The lowest BCUT2D eigenvalue weighted by molar-refractivity contribution is -0.137. The second kappa shape index (κ2) is 23.2. The number of guanidine groups is 1. The topological polar surface area (TPSA) is 195 Å². The molecule has 2 fully saturated rings. The molecule has 8 rings (SSSR count). The van der Waals surface area contributed by atoms with E-state index in [9.17, 15) is 24.0 Å². The van der Waals surface area contributed by atoms with Crippen LogP contribution < -0.4 is 33.5 Å². The number of aliphatic imine (C=N–C) groups is 1. The summed E-state index contributed by atoms with van der Waals surface area (Å²) >= 11 is 0. The average molecular weight is 945 g/mol. The van der Waals surface area contributed by atoms with Crippen molar-refractivity contribution in [2.45, 2.75) is 75.9 Å².